The van der Waals surface area contributed by atoms with Crippen LogP contribution in [-0.4, -0.2) is 35.4 Å². The van der Waals surface area contributed by atoms with E-state index in [1.54, 1.807) is 6.92 Å². The van der Waals surface area contributed by atoms with Crippen molar-refractivity contribution in [2.45, 2.75) is 36.5 Å². The number of hydrogen-bond donors (Lipinski definition) is 0. The van der Waals surface area contributed by atoms with Gasteiger partial charge >= 0.3 is 0 Å². The highest BCUT2D eigenvalue weighted by Gasteiger charge is 2.32. The highest BCUT2D eigenvalue weighted by molar-refractivity contribution is 7.98. The molecule has 2 aromatic rings. The number of hydrogen-bond acceptors (Lipinski definition) is 6. The molecule has 0 radical (unpaired) electrons. The predicted octanol–water partition coefficient (Wildman–Crippen LogP) is 3.35. The third kappa shape index (κ3) is 2.81. The molecule has 1 atom stereocenters. The molecule has 8 heteroatoms. The first-order chi connectivity index (χ1) is 10.4. The van der Waals surface area contributed by atoms with E-state index in [4.69, 9.17) is 11.6 Å². The summed E-state index contributed by atoms with van der Waals surface area (Å²) in [6.07, 6.45) is 4.12. The smallest absolute Gasteiger partial charge is 0.165 e. The largest absolute Gasteiger partial charge is 0.228 e. The first-order valence-electron chi connectivity index (χ1n) is 7.02. The van der Waals surface area contributed by atoms with Crippen molar-refractivity contribution in [1.29, 1.82) is 0 Å². The van der Waals surface area contributed by atoms with Crippen molar-refractivity contribution in [2.75, 3.05) is 12.0 Å². The Morgan fingerprint density at radius 2 is 2.05 bits per heavy atom. The first-order valence-corrected chi connectivity index (χ1v) is 10.3. The van der Waals surface area contributed by atoms with E-state index in [2.05, 4.69) is 15.0 Å². The zero-order valence-electron chi connectivity index (χ0n) is 12.3. The summed E-state index contributed by atoms with van der Waals surface area (Å²) in [6, 6.07) is 1.81. The van der Waals surface area contributed by atoms with Crippen LogP contribution < -0.4 is 0 Å². The molecule has 0 aromatic carbocycles. The van der Waals surface area contributed by atoms with E-state index in [1.807, 2.05) is 12.3 Å². The molecule has 0 amide bonds. The fourth-order valence-electron chi connectivity index (χ4n) is 2.81. The molecule has 0 aliphatic carbocycles. The van der Waals surface area contributed by atoms with Crippen LogP contribution in [-0.2, 0) is 9.84 Å². The van der Waals surface area contributed by atoms with Gasteiger partial charge in [-0.15, -0.1) is 11.8 Å². The standard InChI is InChI=1S/C14H16ClN3O2S2/c1-8-16-13-10(14(17-8)21-2)7-9(12(15)18-13)11-5-3-4-6-22(11,19)20/h7,11H,3-6H2,1-2H3. The number of nitrogens with zero attached hydrogens (tertiary/aromatic N) is 3. The van der Waals surface area contributed by atoms with Gasteiger partial charge in [-0.1, -0.05) is 18.0 Å². The summed E-state index contributed by atoms with van der Waals surface area (Å²) in [4.78, 5) is 13.0. The fourth-order valence-corrected chi connectivity index (χ4v) is 5.72. The molecule has 3 rings (SSSR count). The Bertz CT molecular complexity index is 840. The maximum absolute atomic E-state index is 12.4. The number of pyridine rings is 1. The lowest BCUT2D eigenvalue weighted by molar-refractivity contribution is 0.546. The lowest BCUT2D eigenvalue weighted by Gasteiger charge is -2.23. The lowest BCUT2D eigenvalue weighted by Crippen LogP contribution is -2.22. The number of rotatable bonds is 2. The third-order valence-corrected chi connectivity index (χ3v) is 7.08. The van der Waals surface area contributed by atoms with Crippen LogP contribution in [0.5, 0.6) is 0 Å². The van der Waals surface area contributed by atoms with Gasteiger partial charge in [-0.3, -0.25) is 0 Å². The predicted molar refractivity (Wildman–Crippen MR) is 89.2 cm³/mol. The zero-order valence-corrected chi connectivity index (χ0v) is 14.7. The summed E-state index contributed by atoms with van der Waals surface area (Å²) in [5.74, 6) is 0.838. The van der Waals surface area contributed by atoms with Crippen LogP contribution in [0.15, 0.2) is 11.1 Å². The second-order valence-electron chi connectivity index (χ2n) is 5.37. The van der Waals surface area contributed by atoms with Crippen LogP contribution in [0.3, 0.4) is 0 Å². The normalized spacial score (nSPS) is 21.1. The van der Waals surface area contributed by atoms with Crippen molar-refractivity contribution in [3.63, 3.8) is 0 Å². The van der Waals surface area contributed by atoms with Crippen molar-refractivity contribution in [3.05, 3.63) is 22.6 Å². The highest BCUT2D eigenvalue weighted by Crippen LogP contribution is 2.38. The molecule has 22 heavy (non-hydrogen) atoms. The number of sulfone groups is 1. The minimum atomic E-state index is -3.17. The summed E-state index contributed by atoms with van der Waals surface area (Å²) >= 11 is 7.76. The van der Waals surface area contributed by atoms with Gasteiger partial charge in [-0.05, 0) is 32.1 Å². The molecule has 0 spiro atoms. The topological polar surface area (TPSA) is 72.8 Å². The average molecular weight is 358 g/mol. The van der Waals surface area contributed by atoms with E-state index < -0.39 is 15.1 Å². The van der Waals surface area contributed by atoms with Gasteiger partial charge in [0.25, 0.3) is 0 Å². The Morgan fingerprint density at radius 1 is 1.27 bits per heavy atom. The SMILES string of the molecule is CSc1nc(C)nc2nc(Cl)c(C3CCCCS3(=O)=O)cc12. The number of aromatic nitrogens is 3. The Labute approximate surface area is 138 Å². The molecule has 5 nitrogen and oxygen atoms in total. The number of aryl methyl sites for hydroxylation is 1. The van der Waals surface area contributed by atoms with Gasteiger partial charge in [0.2, 0.25) is 0 Å². The second kappa shape index (κ2) is 5.94. The molecule has 1 aliphatic rings. The van der Waals surface area contributed by atoms with Crippen molar-refractivity contribution in [2.24, 2.45) is 0 Å². The summed E-state index contributed by atoms with van der Waals surface area (Å²) in [5.41, 5.74) is 1.09. The van der Waals surface area contributed by atoms with Crippen molar-refractivity contribution in [3.8, 4) is 0 Å². The van der Waals surface area contributed by atoms with E-state index in [0.717, 1.165) is 23.3 Å². The maximum Gasteiger partial charge on any atom is 0.165 e. The summed E-state index contributed by atoms with van der Waals surface area (Å²) in [5, 5.41) is 1.22. The maximum atomic E-state index is 12.4. The molecule has 1 fully saturated rings. The van der Waals surface area contributed by atoms with Gasteiger partial charge in [-0.25, -0.2) is 23.4 Å². The van der Waals surface area contributed by atoms with E-state index in [0.29, 0.717) is 23.5 Å². The van der Waals surface area contributed by atoms with Gasteiger partial charge in [0.1, 0.15) is 16.0 Å². The molecule has 0 bridgehead atoms. The molecule has 0 N–H and O–H groups in total. The molecule has 118 valence electrons. The minimum absolute atomic E-state index is 0.214. The third-order valence-electron chi connectivity index (χ3n) is 3.86. The minimum Gasteiger partial charge on any atom is -0.228 e. The first kappa shape index (κ1) is 16.0. The Balaban J connectivity index is 2.22. The van der Waals surface area contributed by atoms with Gasteiger partial charge < -0.3 is 0 Å². The van der Waals surface area contributed by atoms with E-state index >= 15 is 0 Å². The van der Waals surface area contributed by atoms with E-state index in [-0.39, 0.29) is 10.9 Å². The molecular formula is C14H16ClN3O2S2. The molecule has 3 heterocycles. The molecular weight excluding hydrogens is 342 g/mol. The van der Waals surface area contributed by atoms with Gasteiger partial charge in [0.05, 0.1) is 16.4 Å². The van der Waals surface area contributed by atoms with Gasteiger partial charge in [0, 0.05) is 5.56 Å². The Morgan fingerprint density at radius 3 is 2.73 bits per heavy atom. The Kier molecular flexibility index (Phi) is 4.31. The molecule has 1 saturated heterocycles. The van der Waals surface area contributed by atoms with Crippen LogP contribution in [0, 0.1) is 6.92 Å². The molecule has 0 saturated carbocycles. The van der Waals surface area contributed by atoms with Crippen LogP contribution in [0.2, 0.25) is 5.15 Å². The fraction of sp³-hybridized carbons (Fsp3) is 0.500. The van der Waals surface area contributed by atoms with Crippen LogP contribution in [0.1, 0.15) is 35.9 Å². The number of halogens is 1. The van der Waals surface area contributed by atoms with Crippen LogP contribution in [0.25, 0.3) is 11.0 Å². The zero-order chi connectivity index (χ0) is 15.9. The molecule has 1 aliphatic heterocycles. The van der Waals surface area contributed by atoms with Crippen LogP contribution in [0.4, 0.5) is 0 Å². The number of fused-ring (bicyclic) bond motifs is 1. The summed E-state index contributed by atoms with van der Waals surface area (Å²) < 4.78 is 24.7. The van der Waals surface area contributed by atoms with Crippen molar-refractivity contribution < 1.29 is 8.42 Å². The Hall–Kier alpha value is -0.920. The highest BCUT2D eigenvalue weighted by atomic mass is 35.5. The van der Waals surface area contributed by atoms with Crippen molar-refractivity contribution >= 4 is 44.2 Å². The van der Waals surface area contributed by atoms with Crippen LogP contribution >= 0.6 is 23.4 Å². The van der Waals surface area contributed by atoms with E-state index in [9.17, 15) is 8.42 Å². The van der Waals surface area contributed by atoms with E-state index in [1.165, 1.54) is 11.8 Å². The monoisotopic (exact) mass is 357 g/mol. The van der Waals surface area contributed by atoms with Gasteiger partial charge in [0.15, 0.2) is 15.5 Å². The van der Waals surface area contributed by atoms with Gasteiger partial charge in [-0.2, -0.15) is 0 Å². The lowest BCUT2D eigenvalue weighted by atomic mass is 10.1. The quantitative estimate of drug-likeness (QED) is 0.466. The summed E-state index contributed by atoms with van der Waals surface area (Å²) in [7, 11) is -3.17. The second-order valence-corrected chi connectivity index (χ2v) is 8.83. The summed E-state index contributed by atoms with van der Waals surface area (Å²) in [6.45, 7) is 1.80. The average Bonchev–Trinajstić information content (AvgIpc) is 2.45. The van der Waals surface area contributed by atoms with Crippen molar-refractivity contribution in [1.82, 2.24) is 15.0 Å². The molecule has 2 aromatic heterocycles. The molecule has 1 unspecified atom stereocenters. The number of thioether (sulfide) groups is 1.